The number of hydrogen-bond donors (Lipinski definition) is 2. The van der Waals surface area contributed by atoms with Gasteiger partial charge in [-0.05, 0) is 62.5 Å². The Morgan fingerprint density at radius 3 is 3.00 bits per heavy atom. The molecule has 1 saturated heterocycles. The third-order valence-electron chi connectivity index (χ3n) is 4.06. The molecule has 0 spiro atoms. The van der Waals surface area contributed by atoms with Gasteiger partial charge >= 0.3 is 0 Å². The Labute approximate surface area is 124 Å². The van der Waals surface area contributed by atoms with Crippen LogP contribution < -0.4 is 10.6 Å². The Hall–Kier alpha value is -1.32. The molecule has 1 fully saturated rings. The molecule has 0 amide bonds. The summed E-state index contributed by atoms with van der Waals surface area (Å²) in [6, 6.07) is 6.06. The standard InChI is InChI=1S/C16H20ClN3/c1-11-9-14(17)16(13-3-2-6-19-15(11)13)20-10-12-4-7-18-8-5-12/h2-3,6,9,12,18,20H,4-5,7-8,10H2,1H3. The fourth-order valence-corrected chi connectivity index (χ4v) is 3.22. The Balaban J connectivity index is 1.86. The third-order valence-corrected chi connectivity index (χ3v) is 4.36. The molecule has 3 nitrogen and oxygen atoms in total. The van der Waals surface area contributed by atoms with Crippen molar-refractivity contribution in [3.63, 3.8) is 0 Å². The van der Waals surface area contributed by atoms with E-state index in [4.69, 9.17) is 11.6 Å². The molecule has 0 unspecified atom stereocenters. The lowest BCUT2D eigenvalue weighted by Gasteiger charge is -2.24. The number of aryl methyl sites for hydroxylation is 1. The van der Waals surface area contributed by atoms with E-state index in [9.17, 15) is 0 Å². The molecule has 2 N–H and O–H groups in total. The lowest BCUT2D eigenvalue weighted by molar-refractivity contribution is 0.390. The zero-order valence-electron chi connectivity index (χ0n) is 11.7. The molecular weight excluding hydrogens is 270 g/mol. The highest BCUT2D eigenvalue weighted by atomic mass is 35.5. The number of rotatable bonds is 3. The highest BCUT2D eigenvalue weighted by molar-refractivity contribution is 6.35. The SMILES string of the molecule is Cc1cc(Cl)c(NCC2CCNCC2)c2cccnc12. The number of fused-ring (bicyclic) bond motifs is 1. The Morgan fingerprint density at radius 2 is 2.20 bits per heavy atom. The molecule has 1 aliphatic rings. The van der Waals surface area contributed by atoms with Crippen LogP contribution in [-0.4, -0.2) is 24.6 Å². The van der Waals surface area contributed by atoms with Gasteiger partial charge in [0, 0.05) is 18.1 Å². The summed E-state index contributed by atoms with van der Waals surface area (Å²) in [6.45, 7) is 5.28. The van der Waals surface area contributed by atoms with E-state index < -0.39 is 0 Å². The second-order valence-electron chi connectivity index (χ2n) is 5.52. The maximum Gasteiger partial charge on any atom is 0.0752 e. The highest BCUT2D eigenvalue weighted by Gasteiger charge is 2.15. The predicted octanol–water partition coefficient (Wildman–Crippen LogP) is 3.61. The van der Waals surface area contributed by atoms with Crippen molar-refractivity contribution < 1.29 is 0 Å². The van der Waals surface area contributed by atoms with Crippen molar-refractivity contribution in [1.29, 1.82) is 0 Å². The lowest BCUT2D eigenvalue weighted by Crippen LogP contribution is -2.31. The largest absolute Gasteiger partial charge is 0.383 e. The van der Waals surface area contributed by atoms with Crippen LogP contribution in [0.25, 0.3) is 10.9 Å². The van der Waals surface area contributed by atoms with E-state index in [2.05, 4.69) is 28.6 Å². The average molecular weight is 290 g/mol. The predicted molar refractivity (Wildman–Crippen MR) is 85.6 cm³/mol. The first-order valence-electron chi connectivity index (χ1n) is 7.24. The quantitative estimate of drug-likeness (QED) is 0.906. The molecular formula is C16H20ClN3. The van der Waals surface area contributed by atoms with Gasteiger partial charge in [-0.25, -0.2) is 0 Å². The topological polar surface area (TPSA) is 37.0 Å². The van der Waals surface area contributed by atoms with Crippen LogP contribution in [-0.2, 0) is 0 Å². The molecule has 0 aliphatic carbocycles. The molecule has 2 aromatic rings. The summed E-state index contributed by atoms with van der Waals surface area (Å²) >= 11 is 6.42. The Bertz CT molecular complexity index is 606. The second kappa shape index (κ2) is 5.98. The molecule has 1 aromatic carbocycles. The van der Waals surface area contributed by atoms with Crippen molar-refractivity contribution in [3.05, 3.63) is 35.0 Å². The van der Waals surface area contributed by atoms with Gasteiger partial charge in [-0.3, -0.25) is 4.98 Å². The smallest absolute Gasteiger partial charge is 0.0752 e. The average Bonchev–Trinajstić information content (AvgIpc) is 2.48. The van der Waals surface area contributed by atoms with E-state index in [1.807, 2.05) is 18.3 Å². The summed E-state index contributed by atoms with van der Waals surface area (Å²) in [5.41, 5.74) is 3.18. The molecule has 0 saturated carbocycles. The number of anilines is 1. The van der Waals surface area contributed by atoms with Gasteiger partial charge in [-0.1, -0.05) is 11.6 Å². The second-order valence-corrected chi connectivity index (χ2v) is 5.93. The van der Waals surface area contributed by atoms with Crippen LogP contribution in [0.3, 0.4) is 0 Å². The van der Waals surface area contributed by atoms with Crippen molar-refractivity contribution >= 4 is 28.2 Å². The molecule has 0 radical (unpaired) electrons. The van der Waals surface area contributed by atoms with Crippen LogP contribution in [0.15, 0.2) is 24.4 Å². The van der Waals surface area contributed by atoms with Crippen molar-refractivity contribution in [2.75, 3.05) is 25.0 Å². The first kappa shape index (κ1) is 13.7. The summed E-state index contributed by atoms with van der Waals surface area (Å²) in [5.74, 6) is 0.723. The fourth-order valence-electron chi connectivity index (χ4n) is 2.89. The fraction of sp³-hybridized carbons (Fsp3) is 0.438. The minimum Gasteiger partial charge on any atom is -0.383 e. The van der Waals surface area contributed by atoms with Crippen molar-refractivity contribution in [2.24, 2.45) is 5.92 Å². The zero-order chi connectivity index (χ0) is 13.9. The maximum absolute atomic E-state index is 6.42. The molecule has 2 heterocycles. The molecule has 0 atom stereocenters. The molecule has 106 valence electrons. The van der Waals surface area contributed by atoms with Crippen LogP contribution in [0.1, 0.15) is 18.4 Å². The van der Waals surface area contributed by atoms with Crippen LogP contribution in [0, 0.1) is 12.8 Å². The first-order chi connectivity index (χ1) is 9.75. The van der Waals surface area contributed by atoms with E-state index in [1.54, 1.807) is 0 Å². The molecule has 4 heteroatoms. The highest BCUT2D eigenvalue weighted by Crippen LogP contribution is 2.33. The number of pyridine rings is 1. The van der Waals surface area contributed by atoms with Gasteiger partial charge in [0.25, 0.3) is 0 Å². The van der Waals surface area contributed by atoms with Crippen LogP contribution in [0.5, 0.6) is 0 Å². The Kier molecular flexibility index (Phi) is 4.08. The van der Waals surface area contributed by atoms with E-state index in [1.165, 1.54) is 12.8 Å². The molecule has 3 rings (SSSR count). The van der Waals surface area contributed by atoms with E-state index >= 15 is 0 Å². The number of hydrogen-bond acceptors (Lipinski definition) is 3. The van der Waals surface area contributed by atoms with Crippen molar-refractivity contribution in [1.82, 2.24) is 10.3 Å². The Morgan fingerprint density at radius 1 is 1.40 bits per heavy atom. The number of nitrogens with zero attached hydrogens (tertiary/aromatic N) is 1. The van der Waals surface area contributed by atoms with Crippen molar-refractivity contribution in [3.8, 4) is 0 Å². The third kappa shape index (κ3) is 2.74. The monoisotopic (exact) mass is 289 g/mol. The number of halogens is 1. The van der Waals surface area contributed by atoms with Gasteiger partial charge in [0.15, 0.2) is 0 Å². The minimum absolute atomic E-state index is 0.723. The van der Waals surface area contributed by atoms with Crippen LogP contribution in [0.4, 0.5) is 5.69 Å². The van der Waals surface area contributed by atoms with Crippen LogP contribution in [0.2, 0.25) is 5.02 Å². The zero-order valence-corrected chi connectivity index (χ0v) is 12.5. The van der Waals surface area contributed by atoms with Crippen LogP contribution >= 0.6 is 11.6 Å². The number of piperidine rings is 1. The summed E-state index contributed by atoms with van der Waals surface area (Å²) in [5, 5.41) is 8.86. The lowest BCUT2D eigenvalue weighted by atomic mass is 9.98. The minimum atomic E-state index is 0.723. The first-order valence-corrected chi connectivity index (χ1v) is 7.62. The maximum atomic E-state index is 6.42. The summed E-state index contributed by atoms with van der Waals surface area (Å²) < 4.78 is 0. The number of aromatic nitrogens is 1. The van der Waals surface area contributed by atoms with Crippen molar-refractivity contribution in [2.45, 2.75) is 19.8 Å². The summed E-state index contributed by atoms with van der Waals surface area (Å²) in [6.07, 6.45) is 4.29. The normalized spacial score (nSPS) is 16.5. The number of nitrogens with one attached hydrogen (secondary N) is 2. The summed E-state index contributed by atoms with van der Waals surface area (Å²) in [7, 11) is 0. The molecule has 1 aliphatic heterocycles. The molecule has 20 heavy (non-hydrogen) atoms. The van der Waals surface area contributed by atoms with Gasteiger partial charge in [-0.2, -0.15) is 0 Å². The van der Waals surface area contributed by atoms with Gasteiger partial charge in [-0.15, -0.1) is 0 Å². The summed E-state index contributed by atoms with van der Waals surface area (Å²) in [4.78, 5) is 4.47. The molecule has 1 aromatic heterocycles. The van der Waals surface area contributed by atoms with Gasteiger partial charge in [0.2, 0.25) is 0 Å². The number of benzene rings is 1. The van der Waals surface area contributed by atoms with Gasteiger partial charge in [0.05, 0.1) is 16.2 Å². The van der Waals surface area contributed by atoms with E-state index in [0.717, 1.165) is 52.7 Å². The molecule has 0 bridgehead atoms. The van der Waals surface area contributed by atoms with Gasteiger partial charge < -0.3 is 10.6 Å². The van der Waals surface area contributed by atoms with E-state index in [0.29, 0.717) is 0 Å². The van der Waals surface area contributed by atoms with E-state index in [-0.39, 0.29) is 0 Å². The van der Waals surface area contributed by atoms with Gasteiger partial charge in [0.1, 0.15) is 0 Å².